The van der Waals surface area contributed by atoms with Crippen LogP contribution in [0.2, 0.25) is 0 Å². The lowest BCUT2D eigenvalue weighted by Gasteiger charge is -2.37. The molecule has 0 N–H and O–H groups in total. The van der Waals surface area contributed by atoms with Crippen LogP contribution in [0.25, 0.3) is 0 Å². The van der Waals surface area contributed by atoms with Gasteiger partial charge < -0.3 is 4.90 Å². The van der Waals surface area contributed by atoms with Crippen molar-refractivity contribution in [3.05, 3.63) is 29.8 Å². The van der Waals surface area contributed by atoms with E-state index in [-0.39, 0.29) is 0 Å². The van der Waals surface area contributed by atoms with Gasteiger partial charge in [0, 0.05) is 24.1 Å². The minimum Gasteiger partial charge on any atom is -0.371 e. The van der Waals surface area contributed by atoms with Crippen LogP contribution in [-0.4, -0.2) is 18.4 Å². The molecule has 0 saturated carbocycles. The van der Waals surface area contributed by atoms with Gasteiger partial charge in [0.2, 0.25) is 0 Å². The molecule has 1 nitrogen and oxygen atoms in total. The summed E-state index contributed by atoms with van der Waals surface area (Å²) in [6.45, 7) is 11.2. The van der Waals surface area contributed by atoms with E-state index < -0.39 is 0 Å². The normalized spacial score (nSPS) is 11.6. The zero-order valence-electron chi connectivity index (χ0n) is 12.2. The fourth-order valence-electron chi connectivity index (χ4n) is 2.32. The van der Waals surface area contributed by atoms with Gasteiger partial charge in [0.15, 0.2) is 0 Å². The number of alkyl halides is 1. The summed E-state index contributed by atoms with van der Waals surface area (Å²) in [5, 5.41) is 1.08. The van der Waals surface area contributed by atoms with Crippen LogP contribution in [0.4, 0.5) is 5.69 Å². The van der Waals surface area contributed by atoms with Crippen LogP contribution in [0.1, 0.15) is 39.2 Å². The second-order valence-electron chi connectivity index (χ2n) is 5.19. The van der Waals surface area contributed by atoms with Crippen molar-refractivity contribution in [3.8, 4) is 0 Å². The second kappa shape index (κ2) is 7.18. The predicted molar refractivity (Wildman–Crippen MR) is 85.9 cm³/mol. The van der Waals surface area contributed by atoms with Gasteiger partial charge in [-0.3, -0.25) is 0 Å². The number of hydrogen-bond acceptors (Lipinski definition) is 1. The molecule has 18 heavy (non-hydrogen) atoms. The average Bonchev–Trinajstić information content (AvgIpc) is 2.41. The Labute approximate surface area is 121 Å². The van der Waals surface area contributed by atoms with E-state index in [0.29, 0.717) is 5.41 Å². The molecule has 0 aliphatic heterocycles. The molecule has 0 atom stereocenters. The number of benzene rings is 1. The Morgan fingerprint density at radius 3 is 2.28 bits per heavy atom. The summed E-state index contributed by atoms with van der Waals surface area (Å²) in [4.78, 5) is 2.50. The summed E-state index contributed by atoms with van der Waals surface area (Å²) < 4.78 is 0. The minimum atomic E-state index is 0.389. The lowest BCUT2D eigenvalue weighted by molar-refractivity contribution is 0.312. The Kier molecular flexibility index (Phi) is 6.20. The highest BCUT2D eigenvalue weighted by Crippen LogP contribution is 2.31. The molecular weight excluding hydrogens is 286 g/mol. The highest BCUT2D eigenvalue weighted by atomic mass is 79.9. The highest BCUT2D eigenvalue weighted by Gasteiger charge is 2.27. The van der Waals surface area contributed by atoms with Crippen molar-refractivity contribution < 1.29 is 0 Å². The van der Waals surface area contributed by atoms with Crippen LogP contribution in [0.15, 0.2) is 24.3 Å². The third kappa shape index (κ3) is 3.74. The van der Waals surface area contributed by atoms with E-state index in [1.807, 2.05) is 0 Å². The number of anilines is 1. The molecule has 0 aliphatic rings. The van der Waals surface area contributed by atoms with Crippen molar-refractivity contribution in [2.45, 2.75) is 40.5 Å². The molecule has 1 aromatic rings. The lowest BCUT2D eigenvalue weighted by atomic mass is 9.84. The Balaban J connectivity index is 2.90. The topological polar surface area (TPSA) is 3.24 Å². The summed E-state index contributed by atoms with van der Waals surface area (Å²) in [6, 6.07) is 8.82. The summed E-state index contributed by atoms with van der Waals surface area (Å²) in [5.74, 6) is 0. The molecular formula is C16H26BrN. The molecule has 0 aliphatic carbocycles. The largest absolute Gasteiger partial charge is 0.371 e. The fourth-order valence-corrected chi connectivity index (χ4v) is 3.29. The van der Waals surface area contributed by atoms with E-state index in [1.165, 1.54) is 24.1 Å². The quantitative estimate of drug-likeness (QED) is 0.639. The van der Waals surface area contributed by atoms with Crippen molar-refractivity contribution in [1.29, 1.82) is 0 Å². The van der Waals surface area contributed by atoms with Crippen molar-refractivity contribution in [1.82, 2.24) is 0 Å². The molecule has 102 valence electrons. The molecule has 1 rings (SSSR count). The molecule has 2 heteroatoms. The second-order valence-corrected chi connectivity index (χ2v) is 5.75. The van der Waals surface area contributed by atoms with Gasteiger partial charge in [0.1, 0.15) is 0 Å². The van der Waals surface area contributed by atoms with E-state index >= 15 is 0 Å². The first-order chi connectivity index (χ1) is 8.60. The smallest absolute Gasteiger partial charge is 0.0368 e. The standard InChI is InChI=1S/C16H26BrN/c1-5-16(6-2,12-17)13-18(7-3)15-10-8-9-14(4)11-15/h8-11H,5-7,12-13H2,1-4H3. The van der Waals surface area contributed by atoms with E-state index in [9.17, 15) is 0 Å². The molecule has 0 aromatic heterocycles. The SMILES string of the molecule is CCN(CC(CC)(CC)CBr)c1cccc(C)c1. The minimum absolute atomic E-state index is 0.389. The molecule has 0 fully saturated rings. The fraction of sp³-hybridized carbons (Fsp3) is 0.625. The van der Waals surface area contributed by atoms with Gasteiger partial charge in [0.25, 0.3) is 0 Å². The van der Waals surface area contributed by atoms with Gasteiger partial charge in [0.05, 0.1) is 0 Å². The van der Waals surface area contributed by atoms with E-state index in [0.717, 1.165) is 18.4 Å². The Bertz CT molecular complexity index is 350. The number of nitrogens with zero attached hydrogens (tertiary/aromatic N) is 1. The third-order valence-corrected chi connectivity index (χ3v) is 5.25. The number of aryl methyl sites for hydroxylation is 1. The van der Waals surface area contributed by atoms with Gasteiger partial charge in [-0.15, -0.1) is 0 Å². The predicted octanol–water partition coefficient (Wildman–Crippen LogP) is 5.02. The van der Waals surface area contributed by atoms with Gasteiger partial charge in [-0.2, -0.15) is 0 Å². The van der Waals surface area contributed by atoms with Crippen molar-refractivity contribution >= 4 is 21.6 Å². The molecule has 1 aromatic carbocycles. The van der Waals surface area contributed by atoms with Crippen LogP contribution in [0.3, 0.4) is 0 Å². The summed E-state index contributed by atoms with van der Waals surface area (Å²) in [7, 11) is 0. The Hall–Kier alpha value is -0.500. The molecule has 0 amide bonds. The lowest BCUT2D eigenvalue weighted by Crippen LogP contribution is -2.38. The zero-order valence-corrected chi connectivity index (χ0v) is 13.8. The molecule has 0 radical (unpaired) electrons. The average molecular weight is 312 g/mol. The van der Waals surface area contributed by atoms with Crippen LogP contribution < -0.4 is 4.90 Å². The molecule has 0 bridgehead atoms. The Morgan fingerprint density at radius 1 is 1.17 bits per heavy atom. The Morgan fingerprint density at radius 2 is 1.83 bits per heavy atom. The number of hydrogen-bond donors (Lipinski definition) is 0. The number of rotatable bonds is 7. The molecule has 0 saturated heterocycles. The van der Waals surface area contributed by atoms with E-state index in [1.54, 1.807) is 0 Å². The van der Waals surface area contributed by atoms with Crippen molar-refractivity contribution in [2.75, 3.05) is 23.3 Å². The summed E-state index contributed by atoms with van der Waals surface area (Å²) in [5.41, 5.74) is 3.08. The van der Waals surface area contributed by atoms with Crippen molar-refractivity contribution in [2.24, 2.45) is 5.41 Å². The molecule has 0 spiro atoms. The van der Waals surface area contributed by atoms with Crippen molar-refractivity contribution in [3.63, 3.8) is 0 Å². The monoisotopic (exact) mass is 311 g/mol. The van der Waals surface area contributed by atoms with Crippen LogP contribution in [-0.2, 0) is 0 Å². The zero-order chi connectivity index (χ0) is 13.6. The van der Waals surface area contributed by atoms with Crippen LogP contribution in [0.5, 0.6) is 0 Å². The van der Waals surface area contributed by atoms with E-state index in [4.69, 9.17) is 0 Å². The third-order valence-electron chi connectivity index (χ3n) is 4.06. The maximum atomic E-state index is 3.71. The first-order valence-electron chi connectivity index (χ1n) is 6.98. The molecule has 0 heterocycles. The van der Waals surface area contributed by atoms with Crippen LogP contribution in [0, 0.1) is 12.3 Å². The summed E-state index contributed by atoms with van der Waals surface area (Å²) in [6.07, 6.45) is 2.44. The maximum Gasteiger partial charge on any atom is 0.0368 e. The number of halogens is 1. The van der Waals surface area contributed by atoms with Gasteiger partial charge in [-0.1, -0.05) is 41.9 Å². The van der Waals surface area contributed by atoms with Gasteiger partial charge in [-0.05, 0) is 49.8 Å². The van der Waals surface area contributed by atoms with Gasteiger partial charge >= 0.3 is 0 Å². The van der Waals surface area contributed by atoms with Crippen LogP contribution >= 0.6 is 15.9 Å². The molecule has 0 unspecified atom stereocenters. The highest BCUT2D eigenvalue weighted by molar-refractivity contribution is 9.09. The summed E-state index contributed by atoms with van der Waals surface area (Å²) >= 11 is 3.71. The first-order valence-corrected chi connectivity index (χ1v) is 8.10. The van der Waals surface area contributed by atoms with E-state index in [2.05, 4.69) is 72.8 Å². The first kappa shape index (κ1) is 15.6. The van der Waals surface area contributed by atoms with Gasteiger partial charge in [-0.25, -0.2) is 0 Å². The maximum absolute atomic E-state index is 3.71.